The Labute approximate surface area is 168 Å². The molecule has 3 rings (SSSR count). The van der Waals surface area contributed by atoms with Crippen LogP contribution in [0, 0.1) is 17.1 Å². The maximum atomic E-state index is 13.9. The summed E-state index contributed by atoms with van der Waals surface area (Å²) in [6.45, 7) is 3.78. The molecule has 0 saturated carbocycles. The minimum Gasteiger partial charge on any atom is -0.373 e. The zero-order chi connectivity index (χ0) is 20.8. The molecule has 1 fully saturated rings. The molecule has 0 spiro atoms. The highest BCUT2D eigenvalue weighted by molar-refractivity contribution is 6.06. The highest BCUT2D eigenvalue weighted by Crippen LogP contribution is 2.20. The van der Waals surface area contributed by atoms with Crippen LogP contribution in [-0.2, 0) is 4.79 Å². The normalized spacial score (nSPS) is 14.3. The molecule has 1 N–H and O–H groups in total. The number of para-hydroxylation sites is 1. The van der Waals surface area contributed by atoms with Crippen molar-refractivity contribution in [3.8, 4) is 6.07 Å². The average Bonchev–Trinajstić information content (AvgIpc) is 2.73. The number of anilines is 2. The molecule has 1 aliphatic heterocycles. The van der Waals surface area contributed by atoms with Crippen LogP contribution in [-0.4, -0.2) is 42.8 Å². The van der Waals surface area contributed by atoms with Crippen LogP contribution in [0.4, 0.5) is 15.8 Å². The fraction of sp³-hybridized carbons (Fsp3) is 0.227. The Hall–Kier alpha value is -3.66. The first kappa shape index (κ1) is 20.1. The van der Waals surface area contributed by atoms with Crippen LogP contribution in [0.2, 0.25) is 0 Å². The summed E-state index contributed by atoms with van der Waals surface area (Å²) in [6.07, 6.45) is 1.54. The SMILES string of the molecule is CC(=O)c1ccc(NC(=O)/C(C#N)=C\N2CCN(c3ccccc3F)CC2)cc1. The van der Waals surface area contributed by atoms with Crippen LogP contribution in [0.3, 0.4) is 0 Å². The summed E-state index contributed by atoms with van der Waals surface area (Å²) in [5.74, 6) is -0.834. The number of Topliss-reactive ketones (excluding diaryl/α,β-unsaturated/α-hetero) is 1. The summed E-state index contributed by atoms with van der Waals surface area (Å²) >= 11 is 0. The molecule has 0 aliphatic carbocycles. The molecule has 0 aromatic heterocycles. The van der Waals surface area contributed by atoms with Gasteiger partial charge in [-0.1, -0.05) is 12.1 Å². The molecular weight excluding hydrogens is 371 g/mol. The van der Waals surface area contributed by atoms with Gasteiger partial charge < -0.3 is 15.1 Å². The number of benzene rings is 2. The van der Waals surface area contributed by atoms with Crippen molar-refractivity contribution in [1.82, 2.24) is 4.90 Å². The number of carbonyl (C=O) groups excluding carboxylic acids is 2. The van der Waals surface area contributed by atoms with E-state index in [1.165, 1.54) is 19.2 Å². The van der Waals surface area contributed by atoms with Crippen LogP contribution < -0.4 is 10.2 Å². The smallest absolute Gasteiger partial charge is 0.267 e. The monoisotopic (exact) mass is 392 g/mol. The summed E-state index contributed by atoms with van der Waals surface area (Å²) in [7, 11) is 0. The van der Waals surface area contributed by atoms with Gasteiger partial charge in [0.15, 0.2) is 5.78 Å². The first-order valence-corrected chi connectivity index (χ1v) is 9.25. The van der Waals surface area contributed by atoms with E-state index in [1.807, 2.05) is 15.9 Å². The second-order valence-electron chi connectivity index (χ2n) is 6.72. The molecule has 0 bridgehead atoms. The fourth-order valence-electron chi connectivity index (χ4n) is 3.11. The third-order valence-electron chi connectivity index (χ3n) is 4.73. The highest BCUT2D eigenvalue weighted by Gasteiger charge is 2.19. The largest absolute Gasteiger partial charge is 0.373 e. The number of rotatable bonds is 5. The van der Waals surface area contributed by atoms with Crippen molar-refractivity contribution >= 4 is 23.1 Å². The molecule has 7 heteroatoms. The molecule has 1 saturated heterocycles. The van der Waals surface area contributed by atoms with E-state index in [0.717, 1.165) is 0 Å². The Morgan fingerprint density at radius 3 is 2.31 bits per heavy atom. The van der Waals surface area contributed by atoms with E-state index in [1.54, 1.807) is 42.5 Å². The summed E-state index contributed by atoms with van der Waals surface area (Å²) in [6, 6.07) is 15.0. The number of nitrogens with zero attached hydrogens (tertiary/aromatic N) is 3. The van der Waals surface area contributed by atoms with Gasteiger partial charge in [0.2, 0.25) is 0 Å². The second-order valence-corrected chi connectivity index (χ2v) is 6.72. The zero-order valence-corrected chi connectivity index (χ0v) is 16.1. The lowest BCUT2D eigenvalue weighted by Crippen LogP contribution is -2.44. The van der Waals surface area contributed by atoms with Crippen molar-refractivity contribution in [3.63, 3.8) is 0 Å². The first-order chi connectivity index (χ1) is 14.0. The van der Waals surface area contributed by atoms with Gasteiger partial charge in [-0.25, -0.2) is 4.39 Å². The molecule has 0 radical (unpaired) electrons. The molecule has 1 amide bonds. The molecule has 0 atom stereocenters. The Bertz CT molecular complexity index is 971. The molecule has 1 aliphatic rings. The van der Waals surface area contributed by atoms with Crippen LogP contribution in [0.1, 0.15) is 17.3 Å². The third-order valence-corrected chi connectivity index (χ3v) is 4.73. The van der Waals surface area contributed by atoms with Gasteiger partial charge in [-0.15, -0.1) is 0 Å². The lowest BCUT2D eigenvalue weighted by atomic mass is 10.1. The Balaban J connectivity index is 1.61. The summed E-state index contributed by atoms with van der Waals surface area (Å²) in [4.78, 5) is 27.6. The molecule has 0 unspecified atom stereocenters. The minimum absolute atomic E-state index is 0.0139. The van der Waals surface area contributed by atoms with E-state index < -0.39 is 5.91 Å². The fourth-order valence-corrected chi connectivity index (χ4v) is 3.11. The van der Waals surface area contributed by atoms with Gasteiger partial charge in [0.05, 0.1) is 5.69 Å². The quantitative estimate of drug-likeness (QED) is 0.480. The molecule has 1 heterocycles. The lowest BCUT2D eigenvalue weighted by molar-refractivity contribution is -0.112. The van der Waals surface area contributed by atoms with Gasteiger partial charge in [0, 0.05) is 43.6 Å². The Kier molecular flexibility index (Phi) is 6.25. The lowest BCUT2D eigenvalue weighted by Gasteiger charge is -2.35. The predicted octanol–water partition coefficient (Wildman–Crippen LogP) is 3.20. The molecule has 2 aromatic rings. The number of nitrogens with one attached hydrogen (secondary N) is 1. The van der Waals surface area contributed by atoms with Gasteiger partial charge in [0.1, 0.15) is 17.5 Å². The molecule has 6 nitrogen and oxygen atoms in total. The van der Waals surface area contributed by atoms with E-state index in [2.05, 4.69) is 5.32 Å². The topological polar surface area (TPSA) is 76.4 Å². The van der Waals surface area contributed by atoms with Crippen LogP contribution >= 0.6 is 0 Å². The number of halogens is 1. The standard InChI is InChI=1S/C22H21FN4O2/c1-16(28)17-6-8-19(9-7-17)25-22(29)18(14-24)15-26-10-12-27(13-11-26)21-5-3-2-4-20(21)23/h2-9,15H,10-13H2,1H3,(H,25,29)/b18-15-. The van der Waals surface area contributed by atoms with Crippen LogP contribution in [0.5, 0.6) is 0 Å². The third kappa shape index (κ3) is 4.99. The van der Waals surface area contributed by atoms with Crippen molar-refractivity contribution in [3.05, 3.63) is 71.7 Å². The van der Waals surface area contributed by atoms with Crippen molar-refractivity contribution in [2.45, 2.75) is 6.92 Å². The van der Waals surface area contributed by atoms with E-state index in [9.17, 15) is 19.2 Å². The van der Waals surface area contributed by atoms with Gasteiger partial charge in [-0.3, -0.25) is 9.59 Å². The Morgan fingerprint density at radius 1 is 1.07 bits per heavy atom. The maximum Gasteiger partial charge on any atom is 0.267 e. The number of hydrogen-bond acceptors (Lipinski definition) is 5. The van der Waals surface area contributed by atoms with Crippen LogP contribution in [0.15, 0.2) is 60.3 Å². The van der Waals surface area contributed by atoms with E-state index in [-0.39, 0.29) is 17.2 Å². The van der Waals surface area contributed by atoms with E-state index in [4.69, 9.17) is 0 Å². The summed E-state index contributed by atoms with van der Waals surface area (Å²) in [5, 5.41) is 12.0. The van der Waals surface area contributed by atoms with Gasteiger partial charge in [0.25, 0.3) is 5.91 Å². The summed E-state index contributed by atoms with van der Waals surface area (Å²) in [5.41, 5.74) is 1.60. The number of ketones is 1. The molecular formula is C22H21FN4O2. The van der Waals surface area contributed by atoms with Crippen molar-refractivity contribution in [2.24, 2.45) is 0 Å². The number of nitriles is 1. The number of piperazine rings is 1. The summed E-state index contributed by atoms with van der Waals surface area (Å²) < 4.78 is 13.9. The first-order valence-electron chi connectivity index (χ1n) is 9.25. The predicted molar refractivity (Wildman–Crippen MR) is 109 cm³/mol. The molecule has 148 valence electrons. The van der Waals surface area contributed by atoms with Gasteiger partial charge >= 0.3 is 0 Å². The average molecular weight is 392 g/mol. The zero-order valence-electron chi connectivity index (χ0n) is 16.1. The number of amides is 1. The minimum atomic E-state index is -0.514. The van der Waals surface area contributed by atoms with Crippen molar-refractivity contribution < 1.29 is 14.0 Å². The maximum absolute atomic E-state index is 13.9. The highest BCUT2D eigenvalue weighted by atomic mass is 19.1. The van der Waals surface area contributed by atoms with Gasteiger partial charge in [-0.2, -0.15) is 5.26 Å². The second kappa shape index (κ2) is 9.02. The van der Waals surface area contributed by atoms with E-state index in [0.29, 0.717) is 43.1 Å². The molecule has 29 heavy (non-hydrogen) atoms. The van der Waals surface area contributed by atoms with Crippen molar-refractivity contribution in [2.75, 3.05) is 36.4 Å². The number of hydrogen-bond donors (Lipinski definition) is 1. The van der Waals surface area contributed by atoms with Crippen LogP contribution in [0.25, 0.3) is 0 Å². The molecule has 2 aromatic carbocycles. The van der Waals surface area contributed by atoms with Gasteiger partial charge in [-0.05, 0) is 43.3 Å². The van der Waals surface area contributed by atoms with E-state index >= 15 is 0 Å². The Morgan fingerprint density at radius 2 is 1.72 bits per heavy atom. The van der Waals surface area contributed by atoms with Crippen molar-refractivity contribution in [1.29, 1.82) is 5.26 Å². The number of carbonyl (C=O) groups is 2.